The van der Waals surface area contributed by atoms with Crippen LogP contribution in [0, 0.1) is 0 Å². The smallest absolute Gasteiger partial charge is 0.245 e. The van der Waals surface area contributed by atoms with Crippen LogP contribution in [-0.2, 0) is 4.79 Å². The monoisotopic (exact) mass is 281 g/mol. The van der Waals surface area contributed by atoms with Crippen LogP contribution in [0.3, 0.4) is 0 Å². The number of pyridine rings is 1. The minimum atomic E-state index is -1.77. The van der Waals surface area contributed by atoms with Crippen molar-refractivity contribution in [3.05, 3.63) is 23.9 Å². The van der Waals surface area contributed by atoms with Crippen molar-refractivity contribution in [3.8, 4) is 5.88 Å². The summed E-state index contributed by atoms with van der Waals surface area (Å²) in [6, 6.07) is 2.54. The number of primary amides is 1. The average molecular weight is 282 g/mol. The molecule has 1 atom stereocenters. The maximum atomic E-state index is 11.7. The highest BCUT2D eigenvalue weighted by Crippen LogP contribution is 2.12. The van der Waals surface area contributed by atoms with Gasteiger partial charge in [-0.3, -0.25) is 9.59 Å². The van der Waals surface area contributed by atoms with E-state index in [0.717, 1.165) is 6.20 Å². The zero-order valence-corrected chi connectivity index (χ0v) is 10.5. The molecule has 0 aliphatic heterocycles. The number of rotatable bonds is 3. The predicted octanol–water partition coefficient (Wildman–Crippen LogP) is 0.0162. The first kappa shape index (κ1) is 18.0. The van der Waals surface area contributed by atoms with Gasteiger partial charge in [0.05, 0.1) is 0 Å². The Morgan fingerprint density at radius 3 is 2.24 bits per heavy atom. The Labute approximate surface area is 110 Å². The molecule has 0 spiro atoms. The molecule has 0 saturated heterocycles. The van der Waals surface area contributed by atoms with Crippen LogP contribution in [-0.4, -0.2) is 27.3 Å². The number of amides is 1. The fraction of sp³-hybridized carbons (Fsp3) is 0.222. The summed E-state index contributed by atoms with van der Waals surface area (Å²) in [5.41, 5.74) is 8.80. The van der Waals surface area contributed by atoms with Crippen LogP contribution >= 0.6 is 24.8 Å². The second-order valence-electron chi connectivity index (χ2n) is 3.30. The van der Waals surface area contributed by atoms with E-state index in [1.807, 2.05) is 0 Å². The van der Waals surface area contributed by atoms with Gasteiger partial charge >= 0.3 is 0 Å². The summed E-state index contributed by atoms with van der Waals surface area (Å²) >= 11 is 0. The van der Waals surface area contributed by atoms with E-state index in [2.05, 4.69) is 4.98 Å². The lowest BCUT2D eigenvalue weighted by Crippen LogP contribution is -2.55. The lowest BCUT2D eigenvalue weighted by atomic mass is 9.92. The normalized spacial score (nSPS) is 12.6. The molecule has 1 aromatic heterocycles. The molecule has 0 aliphatic rings. The van der Waals surface area contributed by atoms with E-state index in [1.165, 1.54) is 19.1 Å². The van der Waals surface area contributed by atoms with E-state index < -0.39 is 17.2 Å². The molecule has 8 heteroatoms. The molecule has 1 amide bonds. The molecule has 0 saturated carbocycles. The fourth-order valence-corrected chi connectivity index (χ4v) is 0.932. The number of carbonyl (C=O) groups is 2. The first-order chi connectivity index (χ1) is 6.85. The summed E-state index contributed by atoms with van der Waals surface area (Å²) in [4.78, 5) is 26.1. The van der Waals surface area contributed by atoms with Crippen LogP contribution in [0.4, 0.5) is 0 Å². The Morgan fingerprint density at radius 1 is 1.35 bits per heavy atom. The van der Waals surface area contributed by atoms with Crippen molar-refractivity contribution in [3.63, 3.8) is 0 Å². The number of hydrogen-bond acceptors (Lipinski definition) is 5. The maximum absolute atomic E-state index is 11.7. The van der Waals surface area contributed by atoms with Gasteiger partial charge in [-0.25, -0.2) is 4.98 Å². The Kier molecular flexibility index (Phi) is 6.76. The van der Waals surface area contributed by atoms with Gasteiger partial charge in [-0.1, -0.05) is 0 Å². The molecule has 1 rings (SSSR count). The van der Waals surface area contributed by atoms with Crippen LogP contribution in [0.25, 0.3) is 0 Å². The number of Topliss-reactive ketones (excluding diaryl/α,β-unsaturated/α-hetero) is 1. The second-order valence-corrected chi connectivity index (χ2v) is 3.30. The highest BCUT2D eigenvalue weighted by Gasteiger charge is 2.35. The van der Waals surface area contributed by atoms with E-state index in [-0.39, 0.29) is 36.3 Å². The zero-order valence-electron chi connectivity index (χ0n) is 8.91. The van der Waals surface area contributed by atoms with Crippen LogP contribution in [0.2, 0.25) is 0 Å². The molecule has 1 aromatic rings. The topological polar surface area (TPSA) is 119 Å². The standard InChI is InChI=1S/C9H11N3O3.2ClH/c1-9(11,8(10)15)7(14)5-2-3-6(13)12-4-5;;/h2-4H,11H2,1H3,(H2,10,15)(H,12,13);2*1H/t9-;;/m0../s1. The van der Waals surface area contributed by atoms with Crippen molar-refractivity contribution in [2.75, 3.05) is 0 Å². The first-order valence-electron chi connectivity index (χ1n) is 4.14. The number of nitrogens with two attached hydrogens (primary N) is 2. The summed E-state index contributed by atoms with van der Waals surface area (Å²) in [6.07, 6.45) is 1.13. The van der Waals surface area contributed by atoms with E-state index in [4.69, 9.17) is 16.6 Å². The highest BCUT2D eigenvalue weighted by atomic mass is 35.5. The van der Waals surface area contributed by atoms with Crippen LogP contribution in [0.15, 0.2) is 18.3 Å². The van der Waals surface area contributed by atoms with Gasteiger partial charge in [0.1, 0.15) is 0 Å². The molecule has 0 unspecified atom stereocenters. The van der Waals surface area contributed by atoms with Gasteiger partial charge in [0.25, 0.3) is 0 Å². The van der Waals surface area contributed by atoms with Crippen LogP contribution in [0.1, 0.15) is 17.3 Å². The molecule has 0 aromatic carbocycles. The SMILES string of the molecule is C[C@@](N)(C(N)=O)C(=O)c1ccc(O)nc1.Cl.Cl. The van der Waals surface area contributed by atoms with Crippen molar-refractivity contribution in [2.45, 2.75) is 12.5 Å². The minimum Gasteiger partial charge on any atom is -0.493 e. The molecule has 1 heterocycles. The van der Waals surface area contributed by atoms with E-state index >= 15 is 0 Å². The summed E-state index contributed by atoms with van der Waals surface area (Å²) in [6.45, 7) is 1.23. The summed E-state index contributed by atoms with van der Waals surface area (Å²) in [5.74, 6) is -1.77. The van der Waals surface area contributed by atoms with Gasteiger partial charge in [-0.15, -0.1) is 24.8 Å². The van der Waals surface area contributed by atoms with Gasteiger partial charge in [-0.05, 0) is 13.0 Å². The highest BCUT2D eigenvalue weighted by molar-refractivity contribution is 6.16. The number of aromatic nitrogens is 1. The quantitative estimate of drug-likeness (QED) is 0.533. The molecule has 0 aliphatic carbocycles. The number of carbonyl (C=O) groups excluding carboxylic acids is 2. The molecule has 6 nitrogen and oxygen atoms in total. The third kappa shape index (κ3) is 3.85. The number of ketones is 1. The first-order valence-corrected chi connectivity index (χ1v) is 4.14. The molecule has 0 fully saturated rings. The Balaban J connectivity index is 0. The summed E-state index contributed by atoms with van der Waals surface area (Å²) < 4.78 is 0. The summed E-state index contributed by atoms with van der Waals surface area (Å²) in [5, 5.41) is 8.91. The predicted molar refractivity (Wildman–Crippen MR) is 66.5 cm³/mol. The lowest BCUT2D eigenvalue weighted by Gasteiger charge is -2.18. The molecule has 5 N–H and O–H groups in total. The third-order valence-corrected chi connectivity index (χ3v) is 1.99. The van der Waals surface area contributed by atoms with Crippen molar-refractivity contribution in [2.24, 2.45) is 11.5 Å². The minimum absolute atomic E-state index is 0. The largest absolute Gasteiger partial charge is 0.493 e. The van der Waals surface area contributed by atoms with Gasteiger partial charge in [0.15, 0.2) is 11.3 Å². The van der Waals surface area contributed by atoms with E-state index in [9.17, 15) is 9.59 Å². The Morgan fingerprint density at radius 2 is 1.88 bits per heavy atom. The average Bonchev–Trinajstić information content (AvgIpc) is 2.17. The number of aromatic hydroxyl groups is 1. The zero-order chi connectivity index (χ0) is 11.6. The molecule has 0 bridgehead atoms. The molecule has 96 valence electrons. The van der Waals surface area contributed by atoms with Gasteiger partial charge in [0, 0.05) is 17.8 Å². The van der Waals surface area contributed by atoms with E-state index in [0.29, 0.717) is 0 Å². The molecular formula is C9H13Cl2N3O3. The van der Waals surface area contributed by atoms with Crippen molar-refractivity contribution < 1.29 is 14.7 Å². The van der Waals surface area contributed by atoms with Crippen LogP contribution in [0.5, 0.6) is 5.88 Å². The van der Waals surface area contributed by atoms with Crippen molar-refractivity contribution in [1.82, 2.24) is 4.98 Å². The lowest BCUT2D eigenvalue weighted by molar-refractivity contribution is -0.121. The van der Waals surface area contributed by atoms with E-state index in [1.54, 1.807) is 0 Å². The molecule has 17 heavy (non-hydrogen) atoms. The fourth-order valence-electron chi connectivity index (χ4n) is 0.932. The second kappa shape index (κ2) is 6.39. The number of hydrogen-bond donors (Lipinski definition) is 3. The molecule has 0 radical (unpaired) electrons. The van der Waals surface area contributed by atoms with Crippen molar-refractivity contribution in [1.29, 1.82) is 0 Å². The van der Waals surface area contributed by atoms with Gasteiger partial charge < -0.3 is 16.6 Å². The van der Waals surface area contributed by atoms with Crippen molar-refractivity contribution >= 4 is 36.5 Å². The number of nitrogens with zero attached hydrogens (tertiary/aromatic N) is 1. The Bertz CT molecular complexity index is 406. The number of halogens is 2. The van der Waals surface area contributed by atoms with Crippen LogP contribution < -0.4 is 11.5 Å². The van der Waals surface area contributed by atoms with Gasteiger partial charge in [0.2, 0.25) is 11.8 Å². The van der Waals surface area contributed by atoms with Gasteiger partial charge in [-0.2, -0.15) is 0 Å². The maximum Gasteiger partial charge on any atom is 0.245 e. The Hall–Kier alpha value is -1.37. The third-order valence-electron chi connectivity index (χ3n) is 1.99. The molecular weight excluding hydrogens is 269 g/mol. The summed E-state index contributed by atoms with van der Waals surface area (Å²) in [7, 11) is 0.